The van der Waals surface area contributed by atoms with Crippen LogP contribution in [0.1, 0.15) is 36.8 Å². The Morgan fingerprint density at radius 2 is 2.21 bits per heavy atom. The van der Waals surface area contributed by atoms with Crippen LogP contribution in [0.15, 0.2) is 33.2 Å². The first kappa shape index (κ1) is 13.7. The van der Waals surface area contributed by atoms with Gasteiger partial charge in [-0.3, -0.25) is 0 Å². The average molecular weight is 310 g/mol. The molecule has 3 heterocycles. The van der Waals surface area contributed by atoms with Crippen molar-refractivity contribution < 1.29 is 0 Å². The number of thiophene rings is 2. The van der Waals surface area contributed by atoms with Crippen LogP contribution >= 0.6 is 34.4 Å². The molecule has 3 rings (SSSR count). The molecule has 0 spiro atoms. The lowest BCUT2D eigenvalue weighted by Gasteiger charge is -2.30. The van der Waals surface area contributed by atoms with Crippen LogP contribution in [0.4, 0.5) is 0 Å². The molecule has 1 aliphatic rings. The fraction of sp³-hybridized carbons (Fsp3) is 0.467. The molecule has 19 heavy (non-hydrogen) atoms. The maximum atomic E-state index is 3.83. The van der Waals surface area contributed by atoms with Gasteiger partial charge in [-0.1, -0.05) is 13.0 Å². The maximum absolute atomic E-state index is 3.83. The van der Waals surface area contributed by atoms with E-state index in [1.807, 2.05) is 34.4 Å². The summed E-state index contributed by atoms with van der Waals surface area (Å²) in [6.07, 6.45) is 2.37. The largest absolute Gasteiger partial charge is 0.307 e. The van der Waals surface area contributed by atoms with Crippen molar-refractivity contribution in [3.05, 3.63) is 39.4 Å². The van der Waals surface area contributed by atoms with Crippen LogP contribution in [0.5, 0.6) is 0 Å². The highest BCUT2D eigenvalue weighted by molar-refractivity contribution is 8.01. The summed E-state index contributed by atoms with van der Waals surface area (Å²) in [5.41, 5.74) is 1.52. The van der Waals surface area contributed by atoms with Crippen LogP contribution in [0.3, 0.4) is 0 Å². The Labute approximate surface area is 127 Å². The van der Waals surface area contributed by atoms with Crippen molar-refractivity contribution in [3.8, 4) is 0 Å². The number of fused-ring (bicyclic) bond motifs is 1. The molecule has 0 radical (unpaired) electrons. The van der Waals surface area contributed by atoms with Gasteiger partial charge in [0.05, 0.1) is 4.21 Å². The van der Waals surface area contributed by atoms with Gasteiger partial charge in [0.25, 0.3) is 0 Å². The normalized spacial score (nSPS) is 24.1. The number of thioether (sulfide) groups is 1. The highest BCUT2D eigenvalue weighted by Crippen LogP contribution is 2.43. The van der Waals surface area contributed by atoms with Gasteiger partial charge in [-0.25, -0.2) is 0 Å². The van der Waals surface area contributed by atoms with E-state index in [0.29, 0.717) is 12.1 Å². The van der Waals surface area contributed by atoms with Crippen LogP contribution in [-0.2, 0) is 6.42 Å². The van der Waals surface area contributed by atoms with Crippen molar-refractivity contribution in [1.82, 2.24) is 5.32 Å². The number of hydrogen-bond acceptors (Lipinski definition) is 4. The first-order valence-corrected chi connectivity index (χ1v) is 9.38. The van der Waals surface area contributed by atoms with Gasteiger partial charge in [-0.05, 0) is 48.2 Å². The summed E-state index contributed by atoms with van der Waals surface area (Å²) in [5, 5.41) is 8.95. The van der Waals surface area contributed by atoms with Crippen molar-refractivity contribution in [1.29, 1.82) is 0 Å². The summed E-state index contributed by atoms with van der Waals surface area (Å²) in [4.78, 5) is 1.48. The van der Waals surface area contributed by atoms with Crippen LogP contribution in [-0.4, -0.2) is 11.3 Å². The second kappa shape index (κ2) is 6.00. The highest BCUT2D eigenvalue weighted by Gasteiger charge is 2.27. The standard InChI is InChI=1S/C15H19NS3/c1-10(8-12-4-3-6-17-12)16-14-9-11(2)19-15-13(14)5-7-18-15/h3-7,10-11,14,16H,8-9H2,1-2H3/t10?,11-,14?/m0/s1. The van der Waals surface area contributed by atoms with Gasteiger partial charge in [-0.15, -0.1) is 34.4 Å². The Balaban J connectivity index is 1.67. The predicted octanol–water partition coefficient (Wildman–Crippen LogP) is 4.96. The van der Waals surface area contributed by atoms with E-state index in [1.165, 1.54) is 21.1 Å². The minimum atomic E-state index is 0.534. The molecule has 2 aromatic heterocycles. The second-order valence-electron chi connectivity index (χ2n) is 5.23. The van der Waals surface area contributed by atoms with Crippen LogP contribution < -0.4 is 5.32 Å². The molecule has 0 amide bonds. The second-order valence-corrected chi connectivity index (χ2v) is 8.89. The van der Waals surface area contributed by atoms with Crippen molar-refractivity contribution in [3.63, 3.8) is 0 Å². The minimum Gasteiger partial charge on any atom is -0.307 e. The minimum absolute atomic E-state index is 0.534. The van der Waals surface area contributed by atoms with Gasteiger partial charge in [0.1, 0.15) is 0 Å². The smallest absolute Gasteiger partial charge is 0.0649 e. The lowest BCUT2D eigenvalue weighted by molar-refractivity contribution is 0.426. The molecule has 2 aromatic rings. The molecule has 0 aromatic carbocycles. The van der Waals surface area contributed by atoms with E-state index in [1.54, 1.807) is 0 Å². The van der Waals surface area contributed by atoms with Gasteiger partial charge in [0, 0.05) is 22.2 Å². The van der Waals surface area contributed by atoms with Crippen LogP contribution in [0, 0.1) is 0 Å². The Bertz CT molecular complexity index is 517. The molecule has 1 N–H and O–H groups in total. The fourth-order valence-corrected chi connectivity index (χ4v) is 6.04. The number of nitrogens with one attached hydrogen (secondary N) is 1. The molecule has 0 saturated heterocycles. The Morgan fingerprint density at radius 3 is 3.00 bits per heavy atom. The van der Waals surface area contributed by atoms with Crippen molar-refractivity contribution in [2.45, 2.75) is 48.2 Å². The Kier molecular flexibility index (Phi) is 4.32. The molecular weight excluding hydrogens is 290 g/mol. The monoisotopic (exact) mass is 309 g/mol. The molecular formula is C15H19NS3. The third kappa shape index (κ3) is 3.24. The van der Waals surface area contributed by atoms with Gasteiger partial charge in [0.15, 0.2) is 0 Å². The molecule has 1 nitrogen and oxygen atoms in total. The Hall–Kier alpha value is -0.290. The van der Waals surface area contributed by atoms with E-state index in [9.17, 15) is 0 Å². The van der Waals surface area contributed by atoms with E-state index < -0.39 is 0 Å². The third-order valence-corrected chi connectivity index (χ3v) is 6.73. The molecule has 0 aliphatic carbocycles. The fourth-order valence-electron chi connectivity index (χ4n) is 2.64. The quantitative estimate of drug-likeness (QED) is 0.857. The van der Waals surface area contributed by atoms with Crippen molar-refractivity contribution >= 4 is 34.4 Å². The summed E-state index contributed by atoms with van der Waals surface area (Å²) in [6.45, 7) is 4.64. The molecule has 0 saturated carbocycles. The van der Waals surface area contributed by atoms with Gasteiger partial charge in [-0.2, -0.15) is 0 Å². The van der Waals surface area contributed by atoms with E-state index >= 15 is 0 Å². The first-order valence-electron chi connectivity index (χ1n) is 6.75. The van der Waals surface area contributed by atoms with E-state index in [0.717, 1.165) is 11.7 Å². The van der Waals surface area contributed by atoms with Crippen molar-refractivity contribution in [2.75, 3.05) is 0 Å². The number of hydrogen-bond donors (Lipinski definition) is 1. The van der Waals surface area contributed by atoms with E-state index in [4.69, 9.17) is 0 Å². The SMILES string of the molecule is CC(Cc1cccs1)NC1C[C@H](C)Sc2sccc21. The van der Waals surface area contributed by atoms with Crippen LogP contribution in [0.25, 0.3) is 0 Å². The zero-order valence-electron chi connectivity index (χ0n) is 11.3. The zero-order chi connectivity index (χ0) is 13.2. The average Bonchev–Trinajstić information content (AvgIpc) is 2.99. The lowest BCUT2D eigenvalue weighted by Crippen LogP contribution is -2.34. The molecule has 0 bridgehead atoms. The molecule has 3 atom stereocenters. The maximum Gasteiger partial charge on any atom is 0.0649 e. The van der Waals surface area contributed by atoms with E-state index in [-0.39, 0.29) is 0 Å². The van der Waals surface area contributed by atoms with Gasteiger partial charge in [0.2, 0.25) is 0 Å². The molecule has 4 heteroatoms. The van der Waals surface area contributed by atoms with Crippen LogP contribution in [0.2, 0.25) is 0 Å². The first-order chi connectivity index (χ1) is 9.22. The molecule has 102 valence electrons. The van der Waals surface area contributed by atoms with Gasteiger partial charge >= 0.3 is 0 Å². The summed E-state index contributed by atoms with van der Waals surface area (Å²) >= 11 is 5.78. The van der Waals surface area contributed by atoms with E-state index in [2.05, 4.69) is 48.1 Å². The van der Waals surface area contributed by atoms with Gasteiger partial charge < -0.3 is 5.32 Å². The topological polar surface area (TPSA) is 12.0 Å². The summed E-state index contributed by atoms with van der Waals surface area (Å²) in [5.74, 6) is 0. The number of rotatable bonds is 4. The highest BCUT2D eigenvalue weighted by atomic mass is 32.2. The Morgan fingerprint density at radius 1 is 1.32 bits per heavy atom. The zero-order valence-corrected chi connectivity index (χ0v) is 13.7. The molecule has 0 fully saturated rings. The summed E-state index contributed by atoms with van der Waals surface area (Å²) < 4.78 is 1.51. The lowest BCUT2D eigenvalue weighted by atomic mass is 10.0. The molecule has 1 aliphatic heterocycles. The third-order valence-electron chi connectivity index (χ3n) is 3.48. The summed E-state index contributed by atoms with van der Waals surface area (Å²) in [7, 11) is 0. The summed E-state index contributed by atoms with van der Waals surface area (Å²) in [6, 6.07) is 7.74. The predicted molar refractivity (Wildman–Crippen MR) is 87.6 cm³/mol. The van der Waals surface area contributed by atoms with Crippen molar-refractivity contribution in [2.24, 2.45) is 0 Å². The molecule has 2 unspecified atom stereocenters.